The zero-order valence-electron chi connectivity index (χ0n) is 14.8. The van der Waals surface area contributed by atoms with Gasteiger partial charge in [0.25, 0.3) is 5.91 Å². The number of carbonyl (C=O) groups excluding carboxylic acids is 1. The van der Waals surface area contributed by atoms with E-state index in [1.165, 1.54) is 18.7 Å². The molecule has 2 saturated carbocycles. The van der Waals surface area contributed by atoms with Crippen LogP contribution in [0.1, 0.15) is 41.9 Å². The highest BCUT2D eigenvalue weighted by Gasteiger charge is 2.39. The van der Waals surface area contributed by atoms with Crippen LogP contribution in [0.4, 0.5) is 5.69 Å². The summed E-state index contributed by atoms with van der Waals surface area (Å²) in [5.74, 6) is -0.780. The third-order valence-corrected chi connectivity index (χ3v) is 5.08. The Morgan fingerprint density at radius 2 is 2.08 bits per heavy atom. The van der Waals surface area contributed by atoms with Crippen LogP contribution in [-0.2, 0) is 11.8 Å². The van der Waals surface area contributed by atoms with Crippen LogP contribution >= 0.6 is 0 Å². The molecule has 1 amide bonds. The van der Waals surface area contributed by atoms with Gasteiger partial charge >= 0.3 is 11.7 Å². The lowest BCUT2D eigenvalue weighted by Gasteiger charge is -2.42. The molecule has 0 radical (unpaired) electrons. The van der Waals surface area contributed by atoms with Gasteiger partial charge in [0, 0.05) is 25.7 Å². The minimum absolute atomic E-state index is 0.00816. The Labute approximate surface area is 150 Å². The first kappa shape index (κ1) is 18.3. The average molecular weight is 365 g/mol. The smallest absolute Gasteiger partial charge is 0.322 e. The Hall–Kier alpha value is -2.49. The van der Waals surface area contributed by atoms with E-state index in [-0.39, 0.29) is 35.7 Å². The molecule has 1 aromatic heterocycles. The molecule has 0 atom stereocenters. The quantitative estimate of drug-likeness (QED) is 0.512. The molecule has 1 aromatic rings. The fourth-order valence-corrected chi connectivity index (χ4v) is 3.53. The van der Waals surface area contributed by atoms with Gasteiger partial charge in [0.05, 0.1) is 11.5 Å². The molecule has 3 rings (SSSR count). The van der Waals surface area contributed by atoms with Crippen LogP contribution in [0.15, 0.2) is 0 Å². The Morgan fingerprint density at radius 3 is 2.62 bits per heavy atom. The fraction of sp³-hybridized carbons (Fsp3) is 0.688. The van der Waals surface area contributed by atoms with Crippen LogP contribution in [0.2, 0.25) is 0 Å². The van der Waals surface area contributed by atoms with Crippen molar-refractivity contribution in [3.63, 3.8) is 0 Å². The number of aliphatic carboxylic acids is 1. The summed E-state index contributed by atoms with van der Waals surface area (Å²) in [6, 6.07) is 0.0121. The summed E-state index contributed by atoms with van der Waals surface area (Å²) in [6.45, 7) is 2.29. The average Bonchev–Trinajstić information content (AvgIpc) is 3.24. The van der Waals surface area contributed by atoms with Crippen molar-refractivity contribution in [2.45, 2.75) is 44.7 Å². The molecule has 2 N–H and O–H groups in total. The van der Waals surface area contributed by atoms with Gasteiger partial charge in [0.1, 0.15) is 5.69 Å². The van der Waals surface area contributed by atoms with Gasteiger partial charge in [-0.1, -0.05) is 0 Å². The highest BCUT2D eigenvalue weighted by Crippen LogP contribution is 2.34. The predicted octanol–water partition coefficient (Wildman–Crippen LogP) is 0.694. The molecule has 0 unspecified atom stereocenters. The molecule has 2 aliphatic rings. The number of hydrogen-bond donors (Lipinski definition) is 2. The van der Waals surface area contributed by atoms with Crippen LogP contribution in [0, 0.1) is 23.0 Å². The molecule has 10 heteroatoms. The van der Waals surface area contributed by atoms with Crippen LogP contribution in [0.3, 0.4) is 0 Å². The van der Waals surface area contributed by atoms with Crippen LogP contribution in [-0.4, -0.2) is 61.8 Å². The molecular weight excluding hydrogens is 342 g/mol. The lowest BCUT2D eigenvalue weighted by atomic mass is 9.85. The van der Waals surface area contributed by atoms with E-state index in [4.69, 9.17) is 5.11 Å². The summed E-state index contributed by atoms with van der Waals surface area (Å²) < 4.78 is 1.22. The van der Waals surface area contributed by atoms with Crippen molar-refractivity contribution in [3.05, 3.63) is 21.5 Å². The lowest BCUT2D eigenvalue weighted by molar-refractivity contribution is -0.385. The zero-order valence-corrected chi connectivity index (χ0v) is 14.8. The second-order valence-corrected chi connectivity index (χ2v) is 7.23. The van der Waals surface area contributed by atoms with Crippen molar-refractivity contribution in [1.29, 1.82) is 0 Å². The number of nitrogens with zero attached hydrogens (tertiary/aromatic N) is 4. The maximum absolute atomic E-state index is 12.5. The van der Waals surface area contributed by atoms with Crippen molar-refractivity contribution in [2.24, 2.45) is 13.0 Å². The monoisotopic (exact) mass is 365 g/mol. The summed E-state index contributed by atoms with van der Waals surface area (Å²) in [5.41, 5.74) is -0.135. The summed E-state index contributed by atoms with van der Waals surface area (Å²) >= 11 is 0. The number of carboxylic acid groups (broad SMARTS) is 1. The number of nitrogens with one attached hydrogen (secondary N) is 1. The van der Waals surface area contributed by atoms with Crippen molar-refractivity contribution < 1.29 is 19.6 Å². The van der Waals surface area contributed by atoms with Gasteiger partial charge in [0.2, 0.25) is 5.69 Å². The Balaban J connectivity index is 1.59. The van der Waals surface area contributed by atoms with Crippen LogP contribution < -0.4 is 5.32 Å². The van der Waals surface area contributed by atoms with Crippen molar-refractivity contribution in [1.82, 2.24) is 20.0 Å². The number of amides is 1. The number of carboxylic acids is 1. The molecule has 10 nitrogen and oxygen atoms in total. The number of hydrogen-bond acceptors (Lipinski definition) is 6. The van der Waals surface area contributed by atoms with Crippen LogP contribution in [0.5, 0.6) is 0 Å². The van der Waals surface area contributed by atoms with Crippen LogP contribution in [0.25, 0.3) is 0 Å². The van der Waals surface area contributed by atoms with Crippen molar-refractivity contribution in [3.8, 4) is 0 Å². The largest absolute Gasteiger partial charge is 0.480 e. The number of carbonyl (C=O) groups is 2. The molecule has 1 heterocycles. The lowest BCUT2D eigenvalue weighted by Crippen LogP contribution is -2.55. The summed E-state index contributed by atoms with van der Waals surface area (Å²) in [4.78, 5) is 36.1. The molecule has 0 spiro atoms. The molecular formula is C16H23N5O5. The third kappa shape index (κ3) is 3.85. The normalized spacial score (nSPS) is 22.1. The fourth-order valence-electron chi connectivity index (χ4n) is 3.53. The maximum atomic E-state index is 12.5. The summed E-state index contributed by atoms with van der Waals surface area (Å²) in [5, 5.41) is 27.0. The van der Waals surface area contributed by atoms with E-state index in [0.717, 1.165) is 19.4 Å². The van der Waals surface area contributed by atoms with E-state index in [1.807, 2.05) is 4.90 Å². The topological polar surface area (TPSA) is 131 Å². The summed E-state index contributed by atoms with van der Waals surface area (Å²) in [7, 11) is 1.50. The molecule has 0 aliphatic heterocycles. The molecule has 142 valence electrons. The van der Waals surface area contributed by atoms with Gasteiger partial charge in [-0.05, 0) is 38.5 Å². The first-order valence-electron chi connectivity index (χ1n) is 8.71. The van der Waals surface area contributed by atoms with E-state index in [2.05, 4.69) is 10.4 Å². The second-order valence-electron chi connectivity index (χ2n) is 7.23. The van der Waals surface area contributed by atoms with Crippen molar-refractivity contribution >= 4 is 17.6 Å². The number of aryl methyl sites for hydroxylation is 2. The molecule has 26 heavy (non-hydrogen) atoms. The number of rotatable bonds is 8. The molecule has 2 aliphatic carbocycles. The van der Waals surface area contributed by atoms with E-state index >= 15 is 0 Å². The predicted molar refractivity (Wildman–Crippen MR) is 90.8 cm³/mol. The number of aromatic nitrogens is 2. The van der Waals surface area contributed by atoms with Gasteiger partial charge < -0.3 is 10.4 Å². The molecule has 0 aromatic carbocycles. The Morgan fingerprint density at radius 1 is 1.42 bits per heavy atom. The standard InChI is InChI=1S/C16H23N5O5/c1-9-14(21(25)26)15(19(2)18-9)16(24)17-11-5-12(6-11)20(8-13(22)23)7-10-3-4-10/h10-12H,3-8H2,1-2H3,(H,17,24)(H,22,23). The van der Waals surface area contributed by atoms with E-state index < -0.39 is 16.8 Å². The Kier molecular flexibility index (Phi) is 4.94. The van der Waals surface area contributed by atoms with Crippen molar-refractivity contribution in [2.75, 3.05) is 13.1 Å². The summed E-state index contributed by atoms with van der Waals surface area (Å²) in [6.07, 6.45) is 3.59. The minimum atomic E-state index is -0.848. The van der Waals surface area contributed by atoms with Gasteiger partial charge in [-0.2, -0.15) is 5.10 Å². The molecule has 0 saturated heterocycles. The number of nitro groups is 1. The third-order valence-electron chi connectivity index (χ3n) is 5.08. The van der Waals surface area contributed by atoms with Gasteiger partial charge in [0.15, 0.2) is 0 Å². The van der Waals surface area contributed by atoms with E-state index in [0.29, 0.717) is 18.8 Å². The first-order valence-corrected chi connectivity index (χ1v) is 8.71. The molecule has 2 fully saturated rings. The highest BCUT2D eigenvalue weighted by molar-refractivity contribution is 5.97. The van der Waals surface area contributed by atoms with E-state index in [1.54, 1.807) is 0 Å². The van der Waals surface area contributed by atoms with E-state index in [9.17, 15) is 19.7 Å². The van der Waals surface area contributed by atoms with Gasteiger partial charge in [-0.15, -0.1) is 0 Å². The molecule has 0 bridgehead atoms. The Bertz CT molecular complexity index is 736. The second kappa shape index (κ2) is 7.02. The SMILES string of the molecule is Cc1nn(C)c(C(=O)NC2CC(N(CC(=O)O)CC3CC3)C2)c1[N+](=O)[O-]. The first-order chi connectivity index (χ1) is 12.3. The maximum Gasteiger partial charge on any atom is 0.322 e. The van der Waals surface area contributed by atoms with Gasteiger partial charge in [-0.25, -0.2) is 0 Å². The minimum Gasteiger partial charge on any atom is -0.480 e. The zero-order chi connectivity index (χ0) is 19.0. The van der Waals surface area contributed by atoms with Gasteiger partial charge in [-0.3, -0.25) is 29.3 Å². The highest BCUT2D eigenvalue weighted by atomic mass is 16.6.